The lowest BCUT2D eigenvalue weighted by Gasteiger charge is -2.25. The van der Waals surface area contributed by atoms with Gasteiger partial charge in [-0.2, -0.15) is 0 Å². The average Bonchev–Trinajstić information content (AvgIpc) is 3.47. The van der Waals surface area contributed by atoms with Crippen molar-refractivity contribution in [2.75, 3.05) is 6.61 Å². The minimum Gasteiger partial charge on any atom is -0.459 e. The van der Waals surface area contributed by atoms with Crippen LogP contribution in [0.2, 0.25) is 10.0 Å². The first-order chi connectivity index (χ1) is 18.5. The minimum atomic E-state index is -1.64. The van der Waals surface area contributed by atoms with E-state index in [1.807, 2.05) is 18.2 Å². The van der Waals surface area contributed by atoms with Crippen LogP contribution in [-0.2, 0) is 17.6 Å². The highest BCUT2D eigenvalue weighted by Crippen LogP contribution is 2.42. The number of carbonyl (C=O) groups is 1. The number of carbonyl (C=O) groups excluding carboxylic acids is 1. The van der Waals surface area contributed by atoms with Crippen LogP contribution in [0.15, 0.2) is 30.3 Å². The van der Waals surface area contributed by atoms with Gasteiger partial charge in [-0.1, -0.05) is 30.1 Å². The maximum Gasteiger partial charge on any atom is 0.348 e. The van der Waals surface area contributed by atoms with Crippen molar-refractivity contribution in [1.29, 1.82) is 0 Å². The van der Waals surface area contributed by atoms with E-state index in [0.717, 1.165) is 42.5 Å². The normalized spacial score (nSPS) is 24.3. The van der Waals surface area contributed by atoms with Gasteiger partial charge in [-0.25, -0.2) is 4.79 Å². The van der Waals surface area contributed by atoms with E-state index in [-0.39, 0.29) is 23.6 Å². The van der Waals surface area contributed by atoms with E-state index in [1.54, 1.807) is 19.1 Å². The molecule has 5 N–H and O–H groups in total. The number of aliphatic hydroxyl groups is 5. The number of esters is 1. The molecule has 0 saturated heterocycles. The lowest BCUT2D eigenvalue weighted by molar-refractivity contribution is -0.116. The highest BCUT2D eigenvalue weighted by molar-refractivity contribution is 7.13. The van der Waals surface area contributed by atoms with Gasteiger partial charge < -0.3 is 30.3 Å². The Balaban J connectivity index is 1.46. The smallest absolute Gasteiger partial charge is 0.348 e. The summed E-state index contributed by atoms with van der Waals surface area (Å²) in [6.07, 6.45) is -1.60. The highest BCUT2D eigenvalue weighted by Gasteiger charge is 2.40. The molecule has 1 aromatic heterocycles. The Kier molecular flexibility index (Phi) is 12.8. The average molecular weight is 624 g/mol. The third-order valence-corrected chi connectivity index (χ3v) is 9.49. The Bertz CT molecular complexity index is 1050. The van der Waals surface area contributed by atoms with Gasteiger partial charge in [-0.05, 0) is 92.7 Å². The van der Waals surface area contributed by atoms with E-state index in [0.29, 0.717) is 21.3 Å². The van der Waals surface area contributed by atoms with Gasteiger partial charge >= 0.3 is 5.97 Å². The summed E-state index contributed by atoms with van der Waals surface area (Å²) < 4.78 is 5.10. The Hall–Kier alpha value is -0.940. The molecule has 1 aliphatic rings. The van der Waals surface area contributed by atoms with Crippen LogP contribution in [0, 0.1) is 11.8 Å². The number of thiophene rings is 1. The zero-order valence-corrected chi connectivity index (χ0v) is 24.8. The molecule has 1 saturated carbocycles. The molecule has 11 heteroatoms. The largest absolute Gasteiger partial charge is 0.459 e. The predicted octanol–water partition coefficient (Wildman–Crippen LogP) is 4.63. The number of benzene rings is 1. The van der Waals surface area contributed by atoms with E-state index < -0.39 is 43.1 Å². The number of rotatable bonds is 14. The van der Waals surface area contributed by atoms with E-state index in [2.05, 4.69) is 0 Å². The molecule has 0 bridgehead atoms. The molecule has 0 unspecified atom stereocenters. The highest BCUT2D eigenvalue weighted by atomic mass is 35.5. The van der Waals surface area contributed by atoms with Gasteiger partial charge in [0.25, 0.3) is 0 Å². The number of alkyl halides is 1. The molecular weight excluding hydrogens is 587 g/mol. The van der Waals surface area contributed by atoms with Gasteiger partial charge in [0, 0.05) is 20.3 Å². The second-order valence-corrected chi connectivity index (χ2v) is 12.8. The van der Waals surface area contributed by atoms with E-state index in [4.69, 9.17) is 39.5 Å². The van der Waals surface area contributed by atoms with Gasteiger partial charge in [0.15, 0.2) is 0 Å². The predicted molar refractivity (Wildman–Crippen MR) is 154 cm³/mol. The van der Waals surface area contributed by atoms with E-state index in [1.165, 1.54) is 11.3 Å². The van der Waals surface area contributed by atoms with Gasteiger partial charge in [0.2, 0.25) is 0 Å². The van der Waals surface area contributed by atoms with Crippen LogP contribution in [0.25, 0.3) is 0 Å². The summed E-state index contributed by atoms with van der Waals surface area (Å²) in [7, 11) is 0. The second kappa shape index (κ2) is 15.3. The number of ether oxygens (including phenoxy) is 1. The Morgan fingerprint density at radius 3 is 2.33 bits per heavy atom. The number of aliphatic hydroxyl groups excluding tert-OH is 5. The van der Waals surface area contributed by atoms with Crippen molar-refractivity contribution in [3.8, 4) is 0 Å². The summed E-state index contributed by atoms with van der Waals surface area (Å²) in [6.45, 7) is 1.12. The molecule has 0 radical (unpaired) electrons. The van der Waals surface area contributed by atoms with Crippen molar-refractivity contribution in [1.82, 2.24) is 0 Å². The van der Waals surface area contributed by atoms with Crippen LogP contribution in [0.1, 0.15) is 59.1 Å². The summed E-state index contributed by atoms with van der Waals surface area (Å²) in [5.74, 6) is -0.378. The van der Waals surface area contributed by atoms with E-state index in [9.17, 15) is 30.3 Å². The van der Waals surface area contributed by atoms with Crippen molar-refractivity contribution in [2.45, 2.75) is 87.8 Å². The molecule has 39 heavy (non-hydrogen) atoms. The molecule has 218 valence electrons. The third-order valence-electron chi connectivity index (χ3n) is 7.43. The molecular formula is C28H37Cl3O7S. The zero-order chi connectivity index (χ0) is 28.7. The summed E-state index contributed by atoms with van der Waals surface area (Å²) in [4.78, 5) is 13.8. The topological polar surface area (TPSA) is 127 Å². The fourth-order valence-electron chi connectivity index (χ4n) is 5.19. The SMILES string of the molecule is CC[C@@H](O)[C@@H](O)[C@@H](O)[C@H](O)COC(=O)c1ccc(CCC[C@@H]2[C@@H](CCc3cc(Cl)cc(Cl)c3)[C@H](O)C[C@H]2Cl)s1. The first-order valence-electron chi connectivity index (χ1n) is 13.2. The van der Waals surface area contributed by atoms with Crippen LogP contribution in [0.5, 0.6) is 0 Å². The van der Waals surface area contributed by atoms with Crippen LogP contribution in [0.4, 0.5) is 0 Å². The van der Waals surface area contributed by atoms with Crippen molar-refractivity contribution >= 4 is 52.1 Å². The fourth-order valence-corrected chi connectivity index (χ4v) is 7.20. The molecule has 1 heterocycles. The van der Waals surface area contributed by atoms with Gasteiger partial charge in [-0.3, -0.25) is 0 Å². The second-order valence-electron chi connectivity index (χ2n) is 10.2. The lowest BCUT2D eigenvalue weighted by atomic mass is 9.85. The molecule has 0 aliphatic heterocycles. The molecule has 7 nitrogen and oxygen atoms in total. The molecule has 8 atom stereocenters. The van der Waals surface area contributed by atoms with Crippen molar-refractivity contribution < 1.29 is 35.1 Å². The maximum atomic E-state index is 12.4. The van der Waals surface area contributed by atoms with Crippen molar-refractivity contribution in [3.63, 3.8) is 0 Å². The van der Waals surface area contributed by atoms with Crippen LogP contribution in [-0.4, -0.2) is 74.0 Å². The maximum absolute atomic E-state index is 12.4. The van der Waals surface area contributed by atoms with E-state index >= 15 is 0 Å². The molecule has 2 aromatic rings. The zero-order valence-electron chi connectivity index (χ0n) is 21.8. The molecule has 0 amide bonds. The van der Waals surface area contributed by atoms with Crippen molar-refractivity contribution in [2.24, 2.45) is 11.8 Å². The van der Waals surface area contributed by atoms with Crippen molar-refractivity contribution in [3.05, 3.63) is 55.7 Å². The number of aryl methyl sites for hydroxylation is 2. The molecule has 0 spiro atoms. The fraction of sp³-hybridized carbons (Fsp3) is 0.607. The molecule has 3 rings (SSSR count). The van der Waals surface area contributed by atoms with Gasteiger partial charge in [0.1, 0.15) is 29.8 Å². The lowest BCUT2D eigenvalue weighted by Crippen LogP contribution is -2.46. The molecule has 1 aromatic carbocycles. The Labute approximate surface area is 248 Å². The van der Waals surface area contributed by atoms with Gasteiger partial charge in [-0.15, -0.1) is 22.9 Å². The quantitative estimate of drug-likeness (QED) is 0.153. The molecule has 1 aliphatic carbocycles. The van der Waals surface area contributed by atoms with Crippen LogP contribution in [0.3, 0.4) is 0 Å². The number of hydrogen-bond donors (Lipinski definition) is 5. The summed E-state index contributed by atoms with van der Waals surface area (Å²) in [6, 6.07) is 9.00. The molecule has 1 fully saturated rings. The van der Waals surface area contributed by atoms with Crippen LogP contribution >= 0.6 is 46.1 Å². The summed E-state index contributed by atoms with van der Waals surface area (Å²) in [5.41, 5.74) is 1.03. The monoisotopic (exact) mass is 622 g/mol. The first-order valence-corrected chi connectivity index (χ1v) is 15.3. The van der Waals surface area contributed by atoms with Gasteiger partial charge in [0.05, 0.1) is 12.2 Å². The Morgan fingerprint density at radius 1 is 1.00 bits per heavy atom. The minimum absolute atomic E-state index is 0.0814. The Morgan fingerprint density at radius 2 is 1.67 bits per heavy atom. The summed E-state index contributed by atoms with van der Waals surface area (Å²) in [5, 5.41) is 51.1. The standard InChI is InChI=1S/C28H37Cl3O7S/c1-2-22(32)26(35)27(36)24(34)14-38-28(37)25-9-7-18(39-25)4-3-5-19-20(23(33)13-21(19)31)8-6-15-10-16(29)12-17(30)11-15/h7,9-12,19-24,26-27,32-36H,2-6,8,13-14H2,1H3/t19-,20-,21-,22-,23-,24-,26-,27+/m1/s1. The first kappa shape index (κ1) is 32.6. The van der Waals surface area contributed by atoms with Crippen LogP contribution < -0.4 is 0 Å². The number of hydrogen-bond acceptors (Lipinski definition) is 8. The summed E-state index contributed by atoms with van der Waals surface area (Å²) >= 11 is 20.2. The third kappa shape index (κ3) is 9.28. The number of halogens is 3.